The van der Waals surface area contributed by atoms with E-state index in [4.69, 9.17) is 5.11 Å². The maximum absolute atomic E-state index is 10.5. The molecule has 0 saturated carbocycles. The van der Waals surface area contributed by atoms with Crippen LogP contribution < -0.4 is 0 Å². The highest BCUT2D eigenvalue weighted by Crippen LogP contribution is 1.99. The van der Waals surface area contributed by atoms with Gasteiger partial charge in [0.1, 0.15) is 0 Å². The van der Waals surface area contributed by atoms with Crippen LogP contribution in [0.4, 0.5) is 0 Å². The molecule has 0 aliphatic carbocycles. The van der Waals surface area contributed by atoms with Crippen molar-refractivity contribution in [1.82, 2.24) is 0 Å². The summed E-state index contributed by atoms with van der Waals surface area (Å²) in [4.78, 5) is 10.5. The van der Waals surface area contributed by atoms with Crippen LogP contribution in [-0.2, 0) is 9.53 Å². The molecule has 0 bridgehead atoms. The number of methoxy groups -OCH3 is 1. The Morgan fingerprint density at radius 2 is 1.89 bits per heavy atom. The van der Waals surface area contributed by atoms with Crippen molar-refractivity contribution >= 4 is 5.97 Å². The second-order valence-corrected chi connectivity index (χ2v) is 1.70. The summed E-state index contributed by atoms with van der Waals surface area (Å²) in [5.74, 6) is -0.489. The molecule has 9 heavy (non-hydrogen) atoms. The van der Waals surface area contributed by atoms with Gasteiger partial charge in [-0.15, -0.1) is 0 Å². The third kappa shape index (κ3) is 2.17. The van der Waals surface area contributed by atoms with E-state index in [1.165, 1.54) is 21.0 Å². The Hall–Kier alpha value is -0.990. The molecule has 0 saturated heterocycles. The smallest absolute Gasteiger partial charge is 0.336 e. The molecule has 0 aromatic heterocycles. The number of rotatable bonds is 1. The van der Waals surface area contributed by atoms with Gasteiger partial charge >= 0.3 is 5.97 Å². The van der Waals surface area contributed by atoms with Crippen LogP contribution in [0, 0.1) is 0 Å². The van der Waals surface area contributed by atoms with E-state index in [2.05, 4.69) is 4.74 Å². The molecule has 3 heteroatoms. The van der Waals surface area contributed by atoms with Gasteiger partial charge in [0.2, 0.25) is 0 Å². The lowest BCUT2D eigenvalue weighted by molar-refractivity contribution is -0.136. The van der Waals surface area contributed by atoms with Gasteiger partial charge in [-0.05, 0) is 13.8 Å². The maximum Gasteiger partial charge on any atom is 0.336 e. The van der Waals surface area contributed by atoms with Gasteiger partial charge in [-0.2, -0.15) is 0 Å². The van der Waals surface area contributed by atoms with E-state index in [1.807, 2.05) is 0 Å². The van der Waals surface area contributed by atoms with Crippen molar-refractivity contribution < 1.29 is 14.6 Å². The zero-order valence-corrected chi connectivity index (χ0v) is 5.76. The summed E-state index contributed by atoms with van der Waals surface area (Å²) < 4.78 is 4.32. The second-order valence-electron chi connectivity index (χ2n) is 1.70. The van der Waals surface area contributed by atoms with Crippen LogP contribution in [0.15, 0.2) is 11.3 Å². The first-order chi connectivity index (χ1) is 4.09. The largest absolute Gasteiger partial charge is 0.512 e. The maximum atomic E-state index is 10.5. The lowest BCUT2D eigenvalue weighted by Gasteiger charge is -1.97. The predicted octanol–water partition coefficient (Wildman–Crippen LogP) is 1.01. The molecule has 0 heterocycles. The van der Waals surface area contributed by atoms with Gasteiger partial charge in [-0.25, -0.2) is 4.79 Å². The van der Waals surface area contributed by atoms with Gasteiger partial charge in [-0.3, -0.25) is 0 Å². The van der Waals surface area contributed by atoms with Crippen LogP contribution in [-0.4, -0.2) is 18.2 Å². The lowest BCUT2D eigenvalue weighted by atomic mass is 10.3. The van der Waals surface area contributed by atoms with Gasteiger partial charge in [-0.1, -0.05) is 0 Å². The Labute approximate surface area is 53.9 Å². The number of hydrogen-bond acceptors (Lipinski definition) is 3. The fourth-order valence-corrected chi connectivity index (χ4v) is 0.301. The molecule has 0 rings (SSSR count). The number of ether oxygens (including phenoxy) is 1. The molecular weight excluding hydrogens is 120 g/mol. The molecule has 0 aromatic rings. The molecule has 0 amide bonds. The summed E-state index contributed by atoms with van der Waals surface area (Å²) in [6.07, 6.45) is 0. The van der Waals surface area contributed by atoms with E-state index in [0.29, 0.717) is 0 Å². The highest BCUT2D eigenvalue weighted by Gasteiger charge is 2.04. The first-order valence-electron chi connectivity index (χ1n) is 2.54. The normalized spacial score (nSPS) is 12.3. The number of esters is 1. The fraction of sp³-hybridized carbons (Fsp3) is 0.500. The van der Waals surface area contributed by atoms with E-state index in [9.17, 15) is 4.79 Å². The van der Waals surface area contributed by atoms with Crippen LogP contribution in [0.2, 0.25) is 0 Å². The first-order valence-corrected chi connectivity index (χ1v) is 2.54. The van der Waals surface area contributed by atoms with Crippen molar-refractivity contribution in [2.24, 2.45) is 0 Å². The van der Waals surface area contributed by atoms with Crippen molar-refractivity contribution in [3.05, 3.63) is 11.3 Å². The van der Waals surface area contributed by atoms with E-state index in [0.717, 1.165) is 0 Å². The third-order valence-electron chi connectivity index (χ3n) is 1.03. The number of aliphatic hydroxyl groups is 1. The van der Waals surface area contributed by atoms with Gasteiger partial charge in [0, 0.05) is 0 Å². The quantitative estimate of drug-likeness (QED) is 0.327. The Balaban J connectivity index is 4.21. The number of carbonyl (C=O) groups excluding carboxylic acids is 1. The average Bonchev–Trinajstić information content (AvgIpc) is 1.84. The van der Waals surface area contributed by atoms with Crippen LogP contribution in [0.1, 0.15) is 13.8 Å². The fourth-order valence-electron chi connectivity index (χ4n) is 0.301. The predicted molar refractivity (Wildman–Crippen MR) is 33.0 cm³/mol. The number of aliphatic hydroxyl groups excluding tert-OH is 1. The van der Waals surface area contributed by atoms with Crippen LogP contribution in [0.3, 0.4) is 0 Å². The molecule has 3 nitrogen and oxygen atoms in total. The number of carbonyl (C=O) groups is 1. The molecule has 0 unspecified atom stereocenters. The van der Waals surface area contributed by atoms with Crippen molar-refractivity contribution in [2.45, 2.75) is 13.8 Å². The standard InChI is InChI=1S/C6H10O3/c1-4(5(2)7)6(8)9-3/h7H,1-3H3. The van der Waals surface area contributed by atoms with Crippen molar-refractivity contribution in [1.29, 1.82) is 0 Å². The van der Waals surface area contributed by atoms with E-state index in [1.54, 1.807) is 0 Å². The Bertz CT molecular complexity index is 142. The molecule has 0 aliphatic rings. The Kier molecular flexibility index (Phi) is 2.78. The summed E-state index contributed by atoms with van der Waals surface area (Å²) in [6.45, 7) is 2.94. The van der Waals surface area contributed by atoms with Crippen molar-refractivity contribution in [3.8, 4) is 0 Å². The Morgan fingerprint density at radius 1 is 1.44 bits per heavy atom. The highest BCUT2D eigenvalue weighted by atomic mass is 16.5. The van der Waals surface area contributed by atoms with Gasteiger partial charge in [0.15, 0.2) is 0 Å². The topological polar surface area (TPSA) is 46.5 Å². The van der Waals surface area contributed by atoms with E-state index >= 15 is 0 Å². The van der Waals surface area contributed by atoms with Gasteiger partial charge in [0.05, 0.1) is 18.4 Å². The van der Waals surface area contributed by atoms with Crippen LogP contribution in [0.25, 0.3) is 0 Å². The van der Waals surface area contributed by atoms with Crippen LogP contribution >= 0.6 is 0 Å². The molecular formula is C6H10O3. The third-order valence-corrected chi connectivity index (χ3v) is 1.03. The average molecular weight is 130 g/mol. The molecule has 52 valence electrons. The van der Waals surface area contributed by atoms with Crippen molar-refractivity contribution in [2.75, 3.05) is 7.11 Å². The molecule has 1 N–H and O–H groups in total. The number of allylic oxidation sites excluding steroid dienone is 1. The molecule has 0 atom stereocenters. The minimum Gasteiger partial charge on any atom is -0.512 e. The Morgan fingerprint density at radius 3 is 2.00 bits per heavy atom. The summed E-state index contributed by atoms with van der Waals surface area (Å²) in [5, 5.41) is 8.70. The van der Waals surface area contributed by atoms with E-state index in [-0.39, 0.29) is 11.3 Å². The van der Waals surface area contributed by atoms with Crippen LogP contribution in [0.5, 0.6) is 0 Å². The highest BCUT2D eigenvalue weighted by molar-refractivity contribution is 5.87. The van der Waals surface area contributed by atoms with E-state index < -0.39 is 5.97 Å². The summed E-state index contributed by atoms with van der Waals surface area (Å²) in [5.41, 5.74) is 0.248. The molecule has 0 fully saturated rings. The van der Waals surface area contributed by atoms with Crippen molar-refractivity contribution in [3.63, 3.8) is 0 Å². The summed E-state index contributed by atoms with van der Waals surface area (Å²) in [6, 6.07) is 0. The molecule has 0 radical (unpaired) electrons. The zero-order chi connectivity index (χ0) is 7.44. The molecule has 0 aliphatic heterocycles. The zero-order valence-electron chi connectivity index (χ0n) is 5.76. The molecule has 0 aromatic carbocycles. The first kappa shape index (κ1) is 8.01. The number of hydrogen-bond donors (Lipinski definition) is 1. The monoisotopic (exact) mass is 130 g/mol. The van der Waals surface area contributed by atoms with Gasteiger partial charge < -0.3 is 9.84 Å². The SMILES string of the molecule is COC(=O)C(C)=C(C)O. The summed E-state index contributed by atoms with van der Waals surface area (Å²) in [7, 11) is 1.27. The molecule has 0 spiro atoms. The minimum atomic E-state index is -0.491. The van der Waals surface area contributed by atoms with Gasteiger partial charge in [0.25, 0.3) is 0 Å². The summed E-state index contributed by atoms with van der Waals surface area (Å²) >= 11 is 0. The lowest BCUT2D eigenvalue weighted by Crippen LogP contribution is -2.03. The minimum absolute atomic E-state index is 0.00171. The second kappa shape index (κ2) is 3.12.